The van der Waals surface area contributed by atoms with Gasteiger partial charge in [0.2, 0.25) is 5.88 Å². The number of nitrogens with zero attached hydrogens (tertiary/aromatic N) is 4. The highest BCUT2D eigenvalue weighted by molar-refractivity contribution is 5.21. The van der Waals surface area contributed by atoms with Crippen LogP contribution in [0.3, 0.4) is 0 Å². The van der Waals surface area contributed by atoms with Crippen LogP contribution in [0.5, 0.6) is 11.6 Å². The van der Waals surface area contributed by atoms with Crippen LogP contribution in [0.4, 0.5) is 0 Å². The van der Waals surface area contributed by atoms with E-state index in [1.165, 1.54) is 0 Å². The normalized spacial score (nSPS) is 10.9. The molecule has 2 heterocycles. The highest BCUT2D eigenvalue weighted by Gasteiger charge is 2.05. The molecule has 0 atom stereocenters. The van der Waals surface area contributed by atoms with Crippen molar-refractivity contribution in [2.75, 3.05) is 7.05 Å². The Kier molecular flexibility index (Phi) is 3.88. The lowest BCUT2D eigenvalue weighted by atomic mass is 10.4. The van der Waals surface area contributed by atoms with E-state index in [4.69, 9.17) is 4.74 Å². The van der Waals surface area contributed by atoms with E-state index in [0.29, 0.717) is 24.2 Å². The van der Waals surface area contributed by atoms with Crippen molar-refractivity contribution < 1.29 is 4.74 Å². The Bertz CT molecular complexity index is 491. The minimum Gasteiger partial charge on any atom is -0.434 e. The van der Waals surface area contributed by atoms with E-state index < -0.39 is 0 Å². The maximum atomic E-state index is 5.56. The van der Waals surface area contributed by atoms with E-state index >= 15 is 0 Å². The summed E-state index contributed by atoms with van der Waals surface area (Å²) >= 11 is 0. The summed E-state index contributed by atoms with van der Waals surface area (Å²) in [7, 11) is 1.87. The van der Waals surface area contributed by atoms with Crippen LogP contribution in [0, 0.1) is 0 Å². The minimum atomic E-state index is 0.312. The second-order valence-electron chi connectivity index (χ2n) is 4.25. The van der Waals surface area contributed by atoms with Crippen LogP contribution in [-0.4, -0.2) is 27.0 Å². The van der Waals surface area contributed by atoms with Gasteiger partial charge in [0.15, 0.2) is 5.75 Å². The maximum Gasteiger partial charge on any atom is 0.239 e. The lowest BCUT2D eigenvalue weighted by Crippen LogP contribution is -2.07. The third-order valence-electron chi connectivity index (χ3n) is 2.38. The molecule has 0 aliphatic heterocycles. The van der Waals surface area contributed by atoms with Crippen molar-refractivity contribution in [1.82, 2.24) is 25.3 Å². The van der Waals surface area contributed by atoms with Crippen molar-refractivity contribution in [3.8, 4) is 11.6 Å². The summed E-state index contributed by atoms with van der Waals surface area (Å²) in [6.45, 7) is 4.81. The Balaban J connectivity index is 2.03. The Morgan fingerprint density at radius 3 is 2.72 bits per heavy atom. The predicted molar refractivity (Wildman–Crippen MR) is 67.5 cm³/mol. The fourth-order valence-electron chi connectivity index (χ4n) is 1.45. The zero-order chi connectivity index (χ0) is 13.0. The number of nitrogens with one attached hydrogen (secondary N) is 1. The molecule has 18 heavy (non-hydrogen) atoms. The number of hydrogen-bond donors (Lipinski definition) is 1. The van der Waals surface area contributed by atoms with Crippen molar-refractivity contribution in [2.24, 2.45) is 0 Å². The van der Waals surface area contributed by atoms with Crippen molar-refractivity contribution in [2.45, 2.75) is 26.4 Å². The van der Waals surface area contributed by atoms with E-state index in [1.54, 1.807) is 12.3 Å². The fourth-order valence-corrected chi connectivity index (χ4v) is 1.45. The van der Waals surface area contributed by atoms with E-state index in [0.717, 1.165) is 5.69 Å². The van der Waals surface area contributed by atoms with Gasteiger partial charge < -0.3 is 10.1 Å². The van der Waals surface area contributed by atoms with Gasteiger partial charge in [0, 0.05) is 18.7 Å². The van der Waals surface area contributed by atoms with Crippen LogP contribution in [0.2, 0.25) is 0 Å². The summed E-state index contributed by atoms with van der Waals surface area (Å²) in [5.41, 5.74) is 0.878. The first kappa shape index (κ1) is 12.5. The number of aromatic nitrogens is 4. The standard InChI is InChI=1S/C12H17N5O/c1-9(2)17-8-11(7-14-17)18-12-5-4-10(6-13-3)15-16-12/h4-5,7-9,13H,6H2,1-3H3. The zero-order valence-corrected chi connectivity index (χ0v) is 10.8. The highest BCUT2D eigenvalue weighted by Crippen LogP contribution is 2.19. The second kappa shape index (κ2) is 5.59. The third kappa shape index (κ3) is 3.04. The summed E-state index contributed by atoms with van der Waals surface area (Å²) in [4.78, 5) is 0. The second-order valence-corrected chi connectivity index (χ2v) is 4.25. The number of hydrogen-bond acceptors (Lipinski definition) is 5. The van der Waals surface area contributed by atoms with Crippen LogP contribution in [0.25, 0.3) is 0 Å². The summed E-state index contributed by atoms with van der Waals surface area (Å²) in [5, 5.41) is 15.2. The molecule has 0 bridgehead atoms. The number of ether oxygens (including phenoxy) is 1. The van der Waals surface area contributed by atoms with Gasteiger partial charge in [-0.3, -0.25) is 4.68 Å². The average molecular weight is 247 g/mol. The molecular formula is C12H17N5O. The third-order valence-corrected chi connectivity index (χ3v) is 2.38. The Morgan fingerprint density at radius 2 is 2.17 bits per heavy atom. The highest BCUT2D eigenvalue weighted by atomic mass is 16.5. The lowest BCUT2D eigenvalue weighted by Gasteiger charge is -2.04. The first-order chi connectivity index (χ1) is 8.69. The van der Waals surface area contributed by atoms with Crippen molar-refractivity contribution in [3.63, 3.8) is 0 Å². The molecule has 2 aromatic rings. The summed E-state index contributed by atoms with van der Waals surface area (Å²) in [5.74, 6) is 1.14. The van der Waals surface area contributed by atoms with Gasteiger partial charge in [0.05, 0.1) is 18.1 Å². The zero-order valence-electron chi connectivity index (χ0n) is 10.8. The van der Waals surface area contributed by atoms with Crippen molar-refractivity contribution >= 4 is 0 Å². The van der Waals surface area contributed by atoms with Gasteiger partial charge >= 0.3 is 0 Å². The summed E-state index contributed by atoms with van der Waals surface area (Å²) in [6.07, 6.45) is 3.51. The molecule has 0 spiro atoms. The van der Waals surface area contributed by atoms with Gasteiger partial charge in [-0.25, -0.2) is 0 Å². The quantitative estimate of drug-likeness (QED) is 0.872. The molecule has 0 unspecified atom stereocenters. The smallest absolute Gasteiger partial charge is 0.239 e. The number of rotatable bonds is 5. The summed E-state index contributed by atoms with van der Waals surface area (Å²) < 4.78 is 7.40. The first-order valence-corrected chi connectivity index (χ1v) is 5.88. The molecule has 0 saturated heterocycles. The monoisotopic (exact) mass is 247 g/mol. The maximum absolute atomic E-state index is 5.56. The van der Waals surface area contributed by atoms with Gasteiger partial charge in [0.1, 0.15) is 0 Å². The van der Waals surface area contributed by atoms with Crippen LogP contribution >= 0.6 is 0 Å². The van der Waals surface area contributed by atoms with E-state index in [-0.39, 0.29) is 0 Å². The predicted octanol–water partition coefficient (Wildman–Crippen LogP) is 1.77. The van der Waals surface area contributed by atoms with Gasteiger partial charge in [0.25, 0.3) is 0 Å². The molecular weight excluding hydrogens is 230 g/mol. The first-order valence-electron chi connectivity index (χ1n) is 5.88. The molecule has 2 aromatic heterocycles. The largest absolute Gasteiger partial charge is 0.434 e. The molecule has 0 aliphatic carbocycles. The molecule has 6 heteroatoms. The van der Waals surface area contributed by atoms with Gasteiger partial charge in [-0.05, 0) is 27.0 Å². The molecule has 2 rings (SSSR count). The van der Waals surface area contributed by atoms with Gasteiger partial charge in [-0.1, -0.05) is 0 Å². The molecule has 0 aliphatic rings. The van der Waals surface area contributed by atoms with Crippen LogP contribution in [0.15, 0.2) is 24.5 Å². The SMILES string of the molecule is CNCc1ccc(Oc2cnn(C(C)C)c2)nn1. The van der Waals surface area contributed by atoms with E-state index in [1.807, 2.05) is 24.0 Å². The van der Waals surface area contributed by atoms with Crippen LogP contribution in [0.1, 0.15) is 25.6 Å². The molecule has 96 valence electrons. The van der Waals surface area contributed by atoms with Crippen LogP contribution in [-0.2, 0) is 6.54 Å². The lowest BCUT2D eigenvalue weighted by molar-refractivity contribution is 0.450. The molecule has 0 saturated carbocycles. The van der Waals surface area contributed by atoms with Gasteiger partial charge in [-0.15, -0.1) is 5.10 Å². The van der Waals surface area contributed by atoms with Crippen molar-refractivity contribution in [1.29, 1.82) is 0 Å². The Morgan fingerprint density at radius 1 is 1.33 bits per heavy atom. The molecule has 6 nitrogen and oxygen atoms in total. The molecule has 0 aromatic carbocycles. The molecule has 1 N–H and O–H groups in total. The minimum absolute atomic E-state index is 0.312. The molecule has 0 radical (unpaired) electrons. The van der Waals surface area contributed by atoms with Crippen molar-refractivity contribution in [3.05, 3.63) is 30.2 Å². The molecule has 0 fully saturated rings. The Hall–Kier alpha value is -1.95. The molecule has 0 amide bonds. The van der Waals surface area contributed by atoms with Crippen LogP contribution < -0.4 is 10.1 Å². The van der Waals surface area contributed by atoms with E-state index in [2.05, 4.69) is 34.5 Å². The summed E-state index contributed by atoms with van der Waals surface area (Å²) in [6, 6.07) is 3.99. The van der Waals surface area contributed by atoms with Gasteiger partial charge in [-0.2, -0.15) is 10.2 Å². The fraction of sp³-hybridized carbons (Fsp3) is 0.417. The van der Waals surface area contributed by atoms with E-state index in [9.17, 15) is 0 Å². The Labute approximate surface area is 106 Å². The topological polar surface area (TPSA) is 64.9 Å². The average Bonchev–Trinajstić information content (AvgIpc) is 2.81.